The zero-order chi connectivity index (χ0) is 13.9. The van der Waals surface area contributed by atoms with Crippen LogP contribution in [0.2, 0.25) is 0 Å². The zero-order valence-electron chi connectivity index (χ0n) is 12.1. The van der Waals surface area contributed by atoms with Gasteiger partial charge in [-0.2, -0.15) is 11.8 Å². The molecule has 1 aliphatic heterocycles. The Bertz CT molecular complexity index is 471. The monoisotopic (exact) mass is 293 g/mol. The van der Waals surface area contributed by atoms with E-state index in [0.29, 0.717) is 23.6 Å². The van der Waals surface area contributed by atoms with E-state index in [4.69, 9.17) is 0 Å². The number of aromatic nitrogens is 2. The number of carbonyl (C=O) groups is 1. The first kappa shape index (κ1) is 14.0. The van der Waals surface area contributed by atoms with Gasteiger partial charge in [0.05, 0.1) is 6.33 Å². The second kappa shape index (κ2) is 6.20. The zero-order valence-corrected chi connectivity index (χ0v) is 12.9. The van der Waals surface area contributed by atoms with Crippen molar-refractivity contribution < 1.29 is 4.79 Å². The van der Waals surface area contributed by atoms with Gasteiger partial charge in [0.2, 0.25) is 5.91 Å². The molecule has 1 aromatic rings. The fourth-order valence-electron chi connectivity index (χ4n) is 3.41. The lowest BCUT2D eigenvalue weighted by Gasteiger charge is -2.43. The minimum absolute atomic E-state index is 0.336. The largest absolute Gasteiger partial charge is 0.338 e. The van der Waals surface area contributed by atoms with Crippen molar-refractivity contribution in [2.75, 3.05) is 12.3 Å². The molecule has 3 rings (SSSR count). The maximum atomic E-state index is 12.5. The highest BCUT2D eigenvalue weighted by Gasteiger charge is 2.35. The third kappa shape index (κ3) is 2.87. The molecule has 20 heavy (non-hydrogen) atoms. The Labute approximate surface area is 124 Å². The molecule has 5 heteroatoms. The summed E-state index contributed by atoms with van der Waals surface area (Å²) in [6.07, 6.45) is 10.2. The first-order chi connectivity index (χ1) is 9.75. The van der Waals surface area contributed by atoms with Crippen molar-refractivity contribution >= 4 is 17.7 Å². The summed E-state index contributed by atoms with van der Waals surface area (Å²) in [5, 5.41) is 0.693. The van der Waals surface area contributed by atoms with Gasteiger partial charge < -0.3 is 9.47 Å². The Balaban J connectivity index is 1.59. The minimum atomic E-state index is 0.336. The second-order valence-corrected chi connectivity index (χ2v) is 7.19. The lowest BCUT2D eigenvalue weighted by atomic mass is 9.93. The fraction of sp³-hybridized carbons (Fsp3) is 0.733. The van der Waals surface area contributed by atoms with Gasteiger partial charge in [-0.05, 0) is 19.3 Å². The van der Waals surface area contributed by atoms with Gasteiger partial charge in [0.15, 0.2) is 0 Å². The lowest BCUT2D eigenvalue weighted by molar-refractivity contribution is -0.134. The highest BCUT2D eigenvalue weighted by molar-refractivity contribution is 8.00. The van der Waals surface area contributed by atoms with Crippen LogP contribution in [0.25, 0.3) is 0 Å². The van der Waals surface area contributed by atoms with Crippen molar-refractivity contribution in [1.29, 1.82) is 0 Å². The van der Waals surface area contributed by atoms with Crippen LogP contribution >= 0.6 is 11.8 Å². The number of carbonyl (C=O) groups excluding carboxylic acids is 1. The molecule has 4 nitrogen and oxygen atoms in total. The van der Waals surface area contributed by atoms with Crippen LogP contribution in [-0.2, 0) is 18.3 Å². The molecule has 2 fully saturated rings. The molecular weight excluding hydrogens is 270 g/mol. The molecule has 2 aliphatic rings. The van der Waals surface area contributed by atoms with E-state index in [1.807, 2.05) is 17.8 Å². The van der Waals surface area contributed by atoms with Crippen LogP contribution < -0.4 is 0 Å². The third-order valence-corrected chi connectivity index (χ3v) is 5.96. The van der Waals surface area contributed by atoms with Crippen molar-refractivity contribution in [3.05, 3.63) is 18.2 Å². The Morgan fingerprint density at radius 2 is 2.30 bits per heavy atom. The van der Waals surface area contributed by atoms with E-state index in [1.54, 1.807) is 6.33 Å². The number of nitrogens with zero attached hydrogens (tertiary/aromatic N) is 3. The average molecular weight is 293 g/mol. The molecule has 1 saturated heterocycles. The molecule has 2 heterocycles. The van der Waals surface area contributed by atoms with Gasteiger partial charge in [0, 0.05) is 48.9 Å². The molecule has 110 valence electrons. The highest BCUT2D eigenvalue weighted by atomic mass is 32.2. The fourth-order valence-corrected chi connectivity index (χ4v) is 4.85. The van der Waals surface area contributed by atoms with Crippen LogP contribution in [0.4, 0.5) is 0 Å². The molecule has 0 radical (unpaired) electrons. The first-order valence-corrected chi connectivity index (χ1v) is 8.67. The van der Waals surface area contributed by atoms with Gasteiger partial charge >= 0.3 is 0 Å². The summed E-state index contributed by atoms with van der Waals surface area (Å²) in [4.78, 5) is 18.8. The van der Waals surface area contributed by atoms with Crippen molar-refractivity contribution in [1.82, 2.24) is 14.5 Å². The quantitative estimate of drug-likeness (QED) is 0.858. The number of thioether (sulfide) groups is 1. The third-order valence-electron chi connectivity index (χ3n) is 4.56. The van der Waals surface area contributed by atoms with E-state index in [2.05, 4.69) is 21.6 Å². The molecule has 1 saturated carbocycles. The lowest BCUT2D eigenvalue weighted by Crippen LogP contribution is -2.51. The van der Waals surface area contributed by atoms with E-state index in [1.165, 1.54) is 25.7 Å². The van der Waals surface area contributed by atoms with Crippen LogP contribution in [0.5, 0.6) is 0 Å². The number of imidazole rings is 1. The van der Waals surface area contributed by atoms with Gasteiger partial charge in [-0.3, -0.25) is 4.79 Å². The molecule has 1 amide bonds. The van der Waals surface area contributed by atoms with Crippen LogP contribution in [0.1, 0.15) is 37.8 Å². The molecule has 1 aliphatic carbocycles. The van der Waals surface area contributed by atoms with Crippen molar-refractivity contribution in [2.45, 2.75) is 49.8 Å². The summed E-state index contributed by atoms with van der Waals surface area (Å²) in [6, 6.07) is 0.501. The summed E-state index contributed by atoms with van der Waals surface area (Å²) in [6.45, 7) is 0.941. The number of amides is 1. The molecule has 0 N–H and O–H groups in total. The van der Waals surface area contributed by atoms with Gasteiger partial charge in [-0.25, -0.2) is 4.98 Å². The molecular formula is C15H23N3OS. The summed E-state index contributed by atoms with van der Waals surface area (Å²) >= 11 is 2.08. The van der Waals surface area contributed by atoms with Crippen molar-refractivity contribution in [3.63, 3.8) is 0 Å². The smallest absolute Gasteiger partial charge is 0.223 e. The van der Waals surface area contributed by atoms with Crippen LogP contribution in [-0.4, -0.2) is 43.9 Å². The van der Waals surface area contributed by atoms with Crippen LogP contribution in [0, 0.1) is 0 Å². The molecule has 1 aromatic heterocycles. The van der Waals surface area contributed by atoms with Gasteiger partial charge in [0.1, 0.15) is 0 Å². The normalized spacial score (nSPS) is 26.4. The molecule has 0 unspecified atom stereocenters. The number of aryl methyl sites for hydroxylation is 2. The van der Waals surface area contributed by atoms with Gasteiger partial charge in [-0.15, -0.1) is 0 Å². The van der Waals surface area contributed by atoms with E-state index in [-0.39, 0.29) is 0 Å². The minimum Gasteiger partial charge on any atom is -0.338 e. The SMILES string of the molecule is Cn1cncc1CCC(=O)N1CCS[C@@H]2CCCC[C@@H]21. The van der Waals surface area contributed by atoms with E-state index in [9.17, 15) is 4.79 Å². The molecule has 0 bridgehead atoms. The summed E-state index contributed by atoms with van der Waals surface area (Å²) in [5.74, 6) is 1.45. The maximum absolute atomic E-state index is 12.5. The van der Waals surface area contributed by atoms with E-state index < -0.39 is 0 Å². The Morgan fingerprint density at radius 3 is 3.10 bits per heavy atom. The molecule has 0 spiro atoms. The van der Waals surface area contributed by atoms with Crippen LogP contribution in [0.3, 0.4) is 0 Å². The predicted molar refractivity (Wildman–Crippen MR) is 81.7 cm³/mol. The van der Waals surface area contributed by atoms with Crippen molar-refractivity contribution in [2.24, 2.45) is 7.05 Å². The van der Waals surface area contributed by atoms with E-state index >= 15 is 0 Å². The van der Waals surface area contributed by atoms with E-state index in [0.717, 1.165) is 24.4 Å². The molecule has 0 aromatic carbocycles. The Hall–Kier alpha value is -0.970. The number of hydrogen-bond donors (Lipinski definition) is 0. The standard InChI is InChI=1S/C15H23N3OS/c1-17-11-16-10-12(17)6-7-15(19)18-8-9-20-14-5-3-2-4-13(14)18/h10-11,13-14H,2-9H2,1H3/t13-,14+/m0/s1. The Kier molecular flexibility index (Phi) is 4.34. The highest BCUT2D eigenvalue weighted by Crippen LogP contribution is 2.35. The van der Waals surface area contributed by atoms with Gasteiger partial charge in [0.25, 0.3) is 0 Å². The second-order valence-electron chi connectivity index (χ2n) is 5.84. The number of hydrogen-bond acceptors (Lipinski definition) is 3. The van der Waals surface area contributed by atoms with Crippen LogP contribution in [0.15, 0.2) is 12.5 Å². The summed E-state index contributed by atoms with van der Waals surface area (Å²) in [7, 11) is 1.99. The molecule has 2 atom stereocenters. The summed E-state index contributed by atoms with van der Waals surface area (Å²) in [5.41, 5.74) is 1.14. The Morgan fingerprint density at radius 1 is 1.45 bits per heavy atom. The summed E-state index contributed by atoms with van der Waals surface area (Å²) < 4.78 is 2.00. The topological polar surface area (TPSA) is 38.1 Å². The first-order valence-electron chi connectivity index (χ1n) is 7.62. The van der Waals surface area contributed by atoms with Crippen molar-refractivity contribution in [3.8, 4) is 0 Å². The maximum Gasteiger partial charge on any atom is 0.223 e. The van der Waals surface area contributed by atoms with Gasteiger partial charge in [-0.1, -0.05) is 12.8 Å². The predicted octanol–water partition coefficient (Wildman–Crippen LogP) is 2.24. The number of rotatable bonds is 3. The average Bonchev–Trinajstić information content (AvgIpc) is 2.89. The number of fused-ring (bicyclic) bond motifs is 1.